The Labute approximate surface area is 137 Å². The number of carbonyl (C=O) groups is 1. The fraction of sp³-hybridized carbons (Fsp3) is 0.556. The number of nitrogens with one attached hydrogen (secondary N) is 1. The summed E-state index contributed by atoms with van der Waals surface area (Å²) in [6.07, 6.45) is 2.21. The largest absolute Gasteiger partial charge is 0.356 e. The summed E-state index contributed by atoms with van der Waals surface area (Å²) in [5.41, 5.74) is 1.82. The highest BCUT2D eigenvalue weighted by atomic mass is 16.2. The average molecular weight is 317 g/mol. The number of carbonyl (C=O) groups excluding carboxylic acids is 1. The molecule has 2 rings (SSSR count). The van der Waals surface area contributed by atoms with E-state index in [9.17, 15) is 9.59 Å². The van der Waals surface area contributed by atoms with E-state index in [1.807, 2.05) is 24.3 Å². The number of hydrogen-bond acceptors (Lipinski definition) is 2. The molecule has 2 aromatic rings. The van der Waals surface area contributed by atoms with Gasteiger partial charge in [-0.15, -0.1) is 0 Å². The molecule has 1 aromatic heterocycles. The molecule has 0 saturated carbocycles. The quantitative estimate of drug-likeness (QED) is 0.814. The van der Waals surface area contributed by atoms with Crippen molar-refractivity contribution in [2.75, 3.05) is 6.54 Å². The molecule has 1 amide bonds. The van der Waals surface area contributed by atoms with Crippen LogP contribution in [0.15, 0.2) is 29.1 Å². The first-order valence-corrected chi connectivity index (χ1v) is 8.49. The summed E-state index contributed by atoms with van der Waals surface area (Å²) in [5, 5.41) is 2.92. The van der Waals surface area contributed by atoms with Crippen LogP contribution in [0.2, 0.25) is 0 Å². The highest BCUT2D eigenvalue weighted by Gasteiger charge is 2.13. The van der Waals surface area contributed by atoms with Crippen LogP contribution in [0.4, 0.5) is 0 Å². The number of rotatable bonds is 8. The Morgan fingerprint density at radius 3 is 2.30 bits per heavy atom. The third-order valence-corrected chi connectivity index (χ3v) is 3.98. The molecule has 0 aliphatic carbocycles. The predicted molar refractivity (Wildman–Crippen MR) is 93.6 cm³/mol. The summed E-state index contributed by atoms with van der Waals surface area (Å²) < 4.78 is 3.51. The van der Waals surface area contributed by atoms with Crippen molar-refractivity contribution >= 4 is 16.9 Å². The Balaban J connectivity index is 2.10. The van der Waals surface area contributed by atoms with Crippen molar-refractivity contribution in [2.24, 2.45) is 5.92 Å². The van der Waals surface area contributed by atoms with E-state index in [0.717, 1.165) is 23.9 Å². The summed E-state index contributed by atoms with van der Waals surface area (Å²) in [6, 6.07) is 7.78. The zero-order chi connectivity index (χ0) is 16.8. The normalized spacial score (nSPS) is 11.3. The number of nitrogens with zero attached hydrogens (tertiary/aromatic N) is 2. The molecular formula is C18H27N3O2. The van der Waals surface area contributed by atoms with E-state index in [1.54, 1.807) is 9.13 Å². The molecule has 0 fully saturated rings. The monoisotopic (exact) mass is 317 g/mol. The van der Waals surface area contributed by atoms with Crippen molar-refractivity contribution in [2.45, 2.75) is 53.1 Å². The summed E-state index contributed by atoms with van der Waals surface area (Å²) in [5.74, 6) is 0.579. The Morgan fingerprint density at radius 2 is 1.74 bits per heavy atom. The van der Waals surface area contributed by atoms with Gasteiger partial charge >= 0.3 is 5.69 Å². The van der Waals surface area contributed by atoms with E-state index < -0.39 is 0 Å². The number of fused-ring (bicyclic) bond motifs is 1. The first kappa shape index (κ1) is 17.3. The van der Waals surface area contributed by atoms with Gasteiger partial charge in [0, 0.05) is 26.1 Å². The maximum absolute atomic E-state index is 12.6. The Morgan fingerprint density at radius 1 is 1.13 bits per heavy atom. The van der Waals surface area contributed by atoms with Crippen LogP contribution in [0.5, 0.6) is 0 Å². The van der Waals surface area contributed by atoms with Gasteiger partial charge in [-0.25, -0.2) is 4.79 Å². The van der Waals surface area contributed by atoms with E-state index in [1.165, 1.54) is 0 Å². The van der Waals surface area contributed by atoms with E-state index in [2.05, 4.69) is 26.1 Å². The lowest BCUT2D eigenvalue weighted by Gasteiger charge is -2.07. The molecule has 0 aliphatic heterocycles. The van der Waals surface area contributed by atoms with E-state index in [0.29, 0.717) is 32.0 Å². The standard InChI is InChI=1S/C18H27N3O2/c1-4-12-20-15-7-5-6-8-16(15)21(18(20)23)13-10-17(22)19-11-9-14(2)3/h5-8,14H,4,9-13H2,1-3H3,(H,19,22). The second-order valence-corrected chi connectivity index (χ2v) is 6.36. The molecule has 0 spiro atoms. The third-order valence-electron chi connectivity index (χ3n) is 3.98. The lowest BCUT2D eigenvalue weighted by Crippen LogP contribution is -2.29. The predicted octanol–water partition coefficient (Wildman–Crippen LogP) is 2.77. The zero-order valence-corrected chi connectivity index (χ0v) is 14.3. The molecule has 1 heterocycles. The minimum absolute atomic E-state index is 0.00451. The molecule has 23 heavy (non-hydrogen) atoms. The highest BCUT2D eigenvalue weighted by Crippen LogP contribution is 2.13. The van der Waals surface area contributed by atoms with Crippen LogP contribution in [0.25, 0.3) is 11.0 Å². The minimum atomic E-state index is -0.0250. The lowest BCUT2D eigenvalue weighted by molar-refractivity contribution is -0.121. The van der Waals surface area contributed by atoms with Crippen LogP contribution in [0, 0.1) is 5.92 Å². The smallest absolute Gasteiger partial charge is 0.329 e. The molecule has 1 aromatic carbocycles. The van der Waals surface area contributed by atoms with E-state index >= 15 is 0 Å². The maximum Gasteiger partial charge on any atom is 0.329 e. The molecule has 126 valence electrons. The van der Waals surface area contributed by atoms with Crippen molar-refractivity contribution in [1.29, 1.82) is 0 Å². The van der Waals surface area contributed by atoms with Crippen molar-refractivity contribution in [3.8, 4) is 0 Å². The van der Waals surface area contributed by atoms with E-state index in [4.69, 9.17) is 0 Å². The van der Waals surface area contributed by atoms with Crippen LogP contribution in [-0.2, 0) is 17.9 Å². The molecule has 0 unspecified atom stereocenters. The molecule has 5 heteroatoms. The molecule has 0 radical (unpaired) electrons. The molecule has 0 saturated heterocycles. The second kappa shape index (κ2) is 7.99. The van der Waals surface area contributed by atoms with Crippen molar-refractivity contribution in [3.63, 3.8) is 0 Å². The van der Waals surface area contributed by atoms with Gasteiger partial charge in [-0.1, -0.05) is 32.9 Å². The number of hydrogen-bond donors (Lipinski definition) is 1. The third kappa shape index (κ3) is 4.24. The second-order valence-electron chi connectivity index (χ2n) is 6.36. The fourth-order valence-corrected chi connectivity index (χ4v) is 2.73. The highest BCUT2D eigenvalue weighted by molar-refractivity contribution is 5.77. The van der Waals surface area contributed by atoms with Gasteiger partial charge < -0.3 is 5.32 Å². The van der Waals surface area contributed by atoms with Gasteiger partial charge in [0.1, 0.15) is 0 Å². The lowest BCUT2D eigenvalue weighted by atomic mass is 10.1. The Hall–Kier alpha value is -2.04. The first-order chi connectivity index (χ1) is 11.0. The number of aromatic nitrogens is 2. The van der Waals surface area contributed by atoms with Gasteiger partial charge in [0.25, 0.3) is 0 Å². The van der Waals surface area contributed by atoms with Crippen LogP contribution >= 0.6 is 0 Å². The summed E-state index contributed by atoms with van der Waals surface area (Å²) in [4.78, 5) is 24.5. The molecule has 0 bridgehead atoms. The van der Waals surface area contributed by atoms with Crippen molar-refractivity contribution < 1.29 is 4.79 Å². The van der Waals surface area contributed by atoms with Crippen LogP contribution in [-0.4, -0.2) is 21.6 Å². The molecular weight excluding hydrogens is 290 g/mol. The summed E-state index contributed by atoms with van der Waals surface area (Å²) in [6.45, 7) is 8.14. The van der Waals surface area contributed by atoms with Gasteiger partial charge in [-0.2, -0.15) is 0 Å². The SMILES string of the molecule is CCCn1c(=O)n(CCC(=O)NCCC(C)C)c2ccccc21. The van der Waals surface area contributed by atoms with Crippen molar-refractivity contribution in [1.82, 2.24) is 14.5 Å². The van der Waals surface area contributed by atoms with Gasteiger partial charge in [0.15, 0.2) is 0 Å². The molecule has 0 aliphatic rings. The number of aryl methyl sites for hydroxylation is 2. The Kier molecular flexibility index (Phi) is 6.02. The summed E-state index contributed by atoms with van der Waals surface area (Å²) in [7, 11) is 0. The summed E-state index contributed by atoms with van der Waals surface area (Å²) >= 11 is 0. The van der Waals surface area contributed by atoms with Crippen molar-refractivity contribution in [3.05, 3.63) is 34.7 Å². The molecule has 5 nitrogen and oxygen atoms in total. The fourth-order valence-electron chi connectivity index (χ4n) is 2.73. The number of amides is 1. The van der Waals surface area contributed by atoms with Gasteiger partial charge in [-0.05, 0) is 30.9 Å². The average Bonchev–Trinajstić information content (AvgIpc) is 2.78. The van der Waals surface area contributed by atoms with Gasteiger partial charge in [-0.3, -0.25) is 13.9 Å². The topological polar surface area (TPSA) is 56.0 Å². The molecule has 0 atom stereocenters. The zero-order valence-electron chi connectivity index (χ0n) is 14.3. The number of imidazole rings is 1. The molecule has 1 N–H and O–H groups in total. The van der Waals surface area contributed by atoms with E-state index in [-0.39, 0.29) is 11.6 Å². The first-order valence-electron chi connectivity index (χ1n) is 8.49. The van der Waals surface area contributed by atoms with Crippen LogP contribution in [0.1, 0.15) is 40.0 Å². The van der Waals surface area contributed by atoms with Crippen LogP contribution < -0.4 is 11.0 Å². The van der Waals surface area contributed by atoms with Crippen LogP contribution in [0.3, 0.4) is 0 Å². The minimum Gasteiger partial charge on any atom is -0.356 e. The van der Waals surface area contributed by atoms with Gasteiger partial charge in [0.2, 0.25) is 5.91 Å². The Bertz CT molecular complexity index is 713. The number of benzene rings is 1. The van der Waals surface area contributed by atoms with Gasteiger partial charge in [0.05, 0.1) is 11.0 Å². The number of para-hydroxylation sites is 2. The maximum atomic E-state index is 12.6.